The Morgan fingerprint density at radius 2 is 1.92 bits per heavy atom. The van der Waals surface area contributed by atoms with Crippen molar-refractivity contribution in [1.29, 1.82) is 0 Å². The Morgan fingerprint density at radius 1 is 1.19 bits per heavy atom. The lowest BCUT2D eigenvalue weighted by Gasteiger charge is -2.05. The van der Waals surface area contributed by atoms with Crippen LogP contribution in [0.5, 0.6) is 5.75 Å². The summed E-state index contributed by atoms with van der Waals surface area (Å²) in [7, 11) is 1.57. The van der Waals surface area contributed by atoms with E-state index in [-0.39, 0.29) is 12.1 Å². The third-order valence-electron chi connectivity index (χ3n) is 3.76. The summed E-state index contributed by atoms with van der Waals surface area (Å²) in [4.78, 5) is 16.5. The molecule has 1 amide bonds. The van der Waals surface area contributed by atoms with Gasteiger partial charge in [-0.3, -0.25) is 4.79 Å². The Kier molecular flexibility index (Phi) is 4.97. The van der Waals surface area contributed by atoms with Crippen molar-refractivity contribution in [3.8, 4) is 17.2 Å². The second-order valence-corrected chi connectivity index (χ2v) is 5.60. The predicted molar refractivity (Wildman–Crippen MR) is 91.9 cm³/mol. The second-order valence-electron chi connectivity index (χ2n) is 5.60. The van der Waals surface area contributed by atoms with E-state index in [9.17, 15) is 13.6 Å². The normalized spacial score (nSPS) is 10.6. The highest BCUT2D eigenvalue weighted by Crippen LogP contribution is 2.24. The molecule has 1 heterocycles. The molecule has 0 fully saturated rings. The average Bonchev–Trinajstić information content (AvgIpc) is 2.98. The number of halogens is 2. The van der Waals surface area contributed by atoms with Gasteiger partial charge in [0.05, 0.1) is 24.9 Å². The zero-order valence-electron chi connectivity index (χ0n) is 14.2. The number of rotatable bonds is 5. The fourth-order valence-electron chi connectivity index (χ4n) is 2.39. The molecule has 1 N–H and O–H groups in total. The second kappa shape index (κ2) is 7.35. The Morgan fingerprint density at radius 3 is 2.58 bits per heavy atom. The number of aryl methyl sites for hydroxylation is 1. The molecule has 0 aliphatic rings. The highest BCUT2D eigenvalue weighted by atomic mass is 19.1. The third kappa shape index (κ3) is 3.88. The first-order valence-electron chi connectivity index (χ1n) is 7.82. The highest BCUT2D eigenvalue weighted by molar-refractivity contribution is 5.92. The monoisotopic (exact) mass is 358 g/mol. The van der Waals surface area contributed by atoms with Crippen LogP contribution in [0.15, 0.2) is 46.9 Å². The van der Waals surface area contributed by atoms with Gasteiger partial charge in [-0.2, -0.15) is 0 Å². The number of aromatic nitrogens is 1. The molecule has 1 aromatic heterocycles. The van der Waals surface area contributed by atoms with Crippen LogP contribution in [0.2, 0.25) is 0 Å². The Balaban J connectivity index is 1.73. The van der Waals surface area contributed by atoms with Gasteiger partial charge in [-0.15, -0.1) is 0 Å². The molecule has 0 saturated heterocycles. The van der Waals surface area contributed by atoms with E-state index in [1.807, 2.05) is 0 Å². The van der Waals surface area contributed by atoms with E-state index < -0.39 is 17.5 Å². The van der Waals surface area contributed by atoms with Gasteiger partial charge in [0.2, 0.25) is 11.8 Å². The lowest BCUT2D eigenvalue weighted by atomic mass is 10.2. The molecular formula is C19H16F2N2O3. The molecular weight excluding hydrogens is 342 g/mol. The lowest BCUT2D eigenvalue weighted by Crippen LogP contribution is -2.16. The Bertz CT molecular complexity index is 936. The highest BCUT2D eigenvalue weighted by Gasteiger charge is 2.16. The minimum Gasteiger partial charge on any atom is -0.497 e. The maximum Gasteiger partial charge on any atom is 0.230 e. The topological polar surface area (TPSA) is 64.4 Å². The first-order chi connectivity index (χ1) is 12.5. The summed E-state index contributed by atoms with van der Waals surface area (Å²) in [5, 5.41) is 2.40. The molecule has 7 heteroatoms. The smallest absolute Gasteiger partial charge is 0.230 e. The fourth-order valence-corrected chi connectivity index (χ4v) is 2.39. The average molecular weight is 358 g/mol. The number of hydrogen-bond acceptors (Lipinski definition) is 4. The number of nitrogens with one attached hydrogen (secondary N) is 1. The molecule has 0 atom stereocenters. The SMILES string of the molecule is COc1ccc(-c2nc(CC(=O)Nc3ccc(F)cc3F)c(C)o2)cc1. The predicted octanol–water partition coefficient (Wildman–Crippen LogP) is 4.12. The van der Waals surface area contributed by atoms with Crippen molar-refractivity contribution in [2.45, 2.75) is 13.3 Å². The molecule has 0 spiro atoms. The standard InChI is InChI=1S/C19H16F2N2O3/c1-11-17(10-18(24)22-16-8-5-13(20)9-15(16)21)23-19(26-11)12-3-6-14(25-2)7-4-12/h3-9H,10H2,1-2H3,(H,22,24). The molecule has 3 rings (SSSR count). The van der Waals surface area contributed by atoms with Crippen molar-refractivity contribution in [2.24, 2.45) is 0 Å². The molecule has 5 nitrogen and oxygen atoms in total. The summed E-state index contributed by atoms with van der Waals surface area (Å²) in [5.41, 5.74) is 1.09. The summed E-state index contributed by atoms with van der Waals surface area (Å²) in [6.07, 6.45) is -0.0949. The molecule has 0 bridgehead atoms. The summed E-state index contributed by atoms with van der Waals surface area (Å²) >= 11 is 0. The zero-order valence-corrected chi connectivity index (χ0v) is 14.2. The number of methoxy groups -OCH3 is 1. The summed E-state index contributed by atoms with van der Waals surface area (Å²) in [6.45, 7) is 1.70. The van der Waals surface area contributed by atoms with Crippen LogP contribution in [0.25, 0.3) is 11.5 Å². The number of nitrogens with zero attached hydrogens (tertiary/aromatic N) is 1. The van der Waals surface area contributed by atoms with Crippen LogP contribution in [-0.2, 0) is 11.2 Å². The molecule has 0 unspecified atom stereocenters. The number of oxazole rings is 1. The van der Waals surface area contributed by atoms with Gasteiger partial charge in [0.15, 0.2) is 0 Å². The van der Waals surface area contributed by atoms with Crippen molar-refractivity contribution < 1.29 is 22.7 Å². The number of amides is 1. The van der Waals surface area contributed by atoms with Gasteiger partial charge in [-0.25, -0.2) is 13.8 Å². The van der Waals surface area contributed by atoms with E-state index in [2.05, 4.69) is 10.3 Å². The molecule has 3 aromatic rings. The van der Waals surface area contributed by atoms with Crippen LogP contribution in [0, 0.1) is 18.6 Å². The third-order valence-corrected chi connectivity index (χ3v) is 3.76. The molecule has 2 aromatic carbocycles. The molecule has 0 aliphatic heterocycles. The maximum absolute atomic E-state index is 13.6. The summed E-state index contributed by atoms with van der Waals surface area (Å²) < 4.78 is 37.2. The van der Waals surface area contributed by atoms with Crippen LogP contribution in [0.4, 0.5) is 14.5 Å². The molecule has 0 aliphatic carbocycles. The van der Waals surface area contributed by atoms with Gasteiger partial charge in [0, 0.05) is 11.6 Å². The van der Waals surface area contributed by atoms with Crippen molar-refractivity contribution in [3.63, 3.8) is 0 Å². The molecule has 134 valence electrons. The summed E-state index contributed by atoms with van der Waals surface area (Å²) in [6, 6.07) is 10.1. The van der Waals surface area contributed by atoms with Crippen LogP contribution in [0.1, 0.15) is 11.5 Å². The number of carbonyl (C=O) groups is 1. The van der Waals surface area contributed by atoms with Gasteiger partial charge in [0.1, 0.15) is 23.1 Å². The minimum absolute atomic E-state index is 0.0899. The van der Waals surface area contributed by atoms with Gasteiger partial charge in [-0.05, 0) is 43.3 Å². The van der Waals surface area contributed by atoms with Crippen LogP contribution < -0.4 is 10.1 Å². The largest absolute Gasteiger partial charge is 0.497 e. The van der Waals surface area contributed by atoms with Gasteiger partial charge in [0.25, 0.3) is 0 Å². The van der Waals surface area contributed by atoms with Gasteiger partial charge < -0.3 is 14.5 Å². The van der Waals surface area contributed by atoms with E-state index in [0.29, 0.717) is 29.2 Å². The zero-order chi connectivity index (χ0) is 18.7. The number of ether oxygens (including phenoxy) is 1. The first-order valence-corrected chi connectivity index (χ1v) is 7.82. The minimum atomic E-state index is -0.839. The van der Waals surface area contributed by atoms with E-state index in [1.54, 1.807) is 38.3 Å². The van der Waals surface area contributed by atoms with Gasteiger partial charge >= 0.3 is 0 Å². The van der Waals surface area contributed by atoms with Crippen molar-refractivity contribution in [2.75, 3.05) is 12.4 Å². The van der Waals surface area contributed by atoms with Crippen molar-refractivity contribution in [3.05, 3.63) is 65.6 Å². The van der Waals surface area contributed by atoms with Crippen LogP contribution in [0.3, 0.4) is 0 Å². The Hall–Kier alpha value is -3.22. The fraction of sp³-hybridized carbons (Fsp3) is 0.158. The van der Waals surface area contributed by atoms with E-state index in [4.69, 9.17) is 9.15 Å². The molecule has 0 radical (unpaired) electrons. The van der Waals surface area contributed by atoms with Crippen molar-refractivity contribution >= 4 is 11.6 Å². The van der Waals surface area contributed by atoms with E-state index in [0.717, 1.165) is 11.6 Å². The van der Waals surface area contributed by atoms with E-state index in [1.165, 1.54) is 6.07 Å². The lowest BCUT2D eigenvalue weighted by molar-refractivity contribution is -0.115. The van der Waals surface area contributed by atoms with E-state index >= 15 is 0 Å². The number of hydrogen-bond donors (Lipinski definition) is 1. The Labute approximate surface area is 148 Å². The van der Waals surface area contributed by atoms with Crippen LogP contribution >= 0.6 is 0 Å². The van der Waals surface area contributed by atoms with Crippen molar-refractivity contribution in [1.82, 2.24) is 4.98 Å². The number of anilines is 1. The number of benzene rings is 2. The summed E-state index contributed by atoms with van der Waals surface area (Å²) in [5.74, 6) is -0.455. The first kappa shape index (κ1) is 17.6. The molecule has 0 saturated carbocycles. The maximum atomic E-state index is 13.6. The van der Waals surface area contributed by atoms with Gasteiger partial charge in [-0.1, -0.05) is 0 Å². The number of carbonyl (C=O) groups excluding carboxylic acids is 1. The quantitative estimate of drug-likeness (QED) is 0.745. The van der Waals surface area contributed by atoms with Crippen LogP contribution in [-0.4, -0.2) is 18.0 Å². The molecule has 26 heavy (non-hydrogen) atoms.